The molecule has 0 fully saturated rings. The van der Waals surface area contributed by atoms with E-state index in [4.69, 9.17) is 0 Å². The van der Waals surface area contributed by atoms with Gasteiger partial charge in [0.2, 0.25) is 5.91 Å². The smallest absolute Gasteiger partial charge is 0.264 e. The quantitative estimate of drug-likeness (QED) is 0.183. The van der Waals surface area contributed by atoms with Crippen molar-refractivity contribution in [1.82, 2.24) is 20.9 Å². The van der Waals surface area contributed by atoms with Gasteiger partial charge in [-0.25, -0.2) is 0 Å². The number of hydrogen-bond acceptors (Lipinski definition) is 5. The molecule has 3 rings (SSSR count). The summed E-state index contributed by atoms with van der Waals surface area (Å²) in [6.07, 6.45) is 2.11. The first-order chi connectivity index (χ1) is 17.8. The highest BCUT2D eigenvalue weighted by Gasteiger charge is 2.18. The van der Waals surface area contributed by atoms with Crippen molar-refractivity contribution in [3.63, 3.8) is 0 Å². The summed E-state index contributed by atoms with van der Waals surface area (Å²) in [5.41, 5.74) is 2.14. The molecule has 4 N–H and O–H groups in total. The van der Waals surface area contributed by atoms with Crippen LogP contribution in [-0.2, 0) is 16.1 Å². The van der Waals surface area contributed by atoms with Crippen molar-refractivity contribution in [3.8, 4) is 0 Å². The van der Waals surface area contributed by atoms with Gasteiger partial charge in [-0.05, 0) is 47.4 Å². The summed E-state index contributed by atoms with van der Waals surface area (Å²) in [6.45, 7) is 2.35. The molecule has 8 nitrogen and oxygen atoms in total. The molecule has 0 radical (unpaired) electrons. The molecular formula is C29H34N4O4. The highest BCUT2D eigenvalue weighted by molar-refractivity contribution is 5.96. The summed E-state index contributed by atoms with van der Waals surface area (Å²) in [5, 5.41) is 20.9. The van der Waals surface area contributed by atoms with E-state index in [1.807, 2.05) is 49.4 Å². The van der Waals surface area contributed by atoms with Crippen molar-refractivity contribution < 1.29 is 19.5 Å². The topological polar surface area (TPSA) is 111 Å². The normalized spacial score (nSPS) is 12.8. The van der Waals surface area contributed by atoms with Crippen LogP contribution in [0.2, 0.25) is 0 Å². The van der Waals surface area contributed by atoms with Crippen LogP contribution < -0.4 is 16.0 Å². The number of benzene rings is 3. The first-order valence-corrected chi connectivity index (χ1v) is 12.2. The highest BCUT2D eigenvalue weighted by Crippen LogP contribution is 2.24. The van der Waals surface area contributed by atoms with Crippen LogP contribution >= 0.6 is 0 Å². The predicted molar refractivity (Wildman–Crippen MR) is 145 cm³/mol. The van der Waals surface area contributed by atoms with Gasteiger partial charge in [-0.1, -0.05) is 66.7 Å². The SMILES string of the molecule is C[C@@H](NC(=O)c1ccccc1CNC(O)C(=O)NCC/C=C/C(=O)N(C)C)c1cccc2ccccc12. The molecule has 1 unspecified atom stereocenters. The first-order valence-electron chi connectivity index (χ1n) is 12.2. The molecule has 8 heteroatoms. The molecular weight excluding hydrogens is 468 g/mol. The van der Waals surface area contributed by atoms with Gasteiger partial charge in [0.25, 0.3) is 11.8 Å². The van der Waals surface area contributed by atoms with Crippen LogP contribution in [0.25, 0.3) is 10.8 Å². The van der Waals surface area contributed by atoms with E-state index >= 15 is 0 Å². The number of fused-ring (bicyclic) bond motifs is 1. The van der Waals surface area contributed by atoms with Gasteiger partial charge in [0.05, 0.1) is 6.04 Å². The number of aliphatic hydroxyl groups is 1. The van der Waals surface area contributed by atoms with Crippen LogP contribution in [0.15, 0.2) is 78.9 Å². The Kier molecular flexibility index (Phi) is 9.94. The van der Waals surface area contributed by atoms with Crippen LogP contribution in [0, 0.1) is 0 Å². The Bertz CT molecular complexity index is 1270. The monoisotopic (exact) mass is 502 g/mol. The van der Waals surface area contributed by atoms with E-state index in [0.29, 0.717) is 17.5 Å². The second-order valence-electron chi connectivity index (χ2n) is 8.92. The van der Waals surface area contributed by atoms with Crippen LogP contribution in [0.3, 0.4) is 0 Å². The first kappa shape index (κ1) is 27.6. The van der Waals surface area contributed by atoms with Crippen molar-refractivity contribution in [1.29, 1.82) is 0 Å². The second kappa shape index (κ2) is 13.3. The van der Waals surface area contributed by atoms with E-state index in [0.717, 1.165) is 16.3 Å². The lowest BCUT2D eigenvalue weighted by Gasteiger charge is -2.19. The van der Waals surface area contributed by atoms with Crippen LogP contribution in [-0.4, -0.2) is 54.6 Å². The van der Waals surface area contributed by atoms with Gasteiger partial charge in [-0.3, -0.25) is 19.7 Å². The van der Waals surface area contributed by atoms with Crippen molar-refractivity contribution in [2.24, 2.45) is 0 Å². The van der Waals surface area contributed by atoms with E-state index in [9.17, 15) is 19.5 Å². The third kappa shape index (κ3) is 7.73. The average Bonchev–Trinajstić information content (AvgIpc) is 2.90. The van der Waals surface area contributed by atoms with E-state index in [1.165, 1.54) is 11.0 Å². The van der Waals surface area contributed by atoms with Gasteiger partial charge >= 0.3 is 0 Å². The minimum absolute atomic E-state index is 0.123. The maximum absolute atomic E-state index is 13.1. The summed E-state index contributed by atoms with van der Waals surface area (Å²) in [4.78, 5) is 38.3. The number of rotatable bonds is 11. The third-order valence-electron chi connectivity index (χ3n) is 5.95. The van der Waals surface area contributed by atoms with E-state index in [2.05, 4.69) is 16.0 Å². The molecule has 2 atom stereocenters. The van der Waals surface area contributed by atoms with Crippen molar-refractivity contribution in [3.05, 3.63) is 95.6 Å². The molecule has 3 aromatic rings. The molecule has 0 bridgehead atoms. The standard InChI is InChI=1S/C29H34N4O4/c1-20(23-16-10-13-21-11-4-6-14-24(21)23)32-27(35)25-15-7-5-12-22(25)19-31-29(37)28(36)30-18-9-8-17-26(34)33(2)3/h4-8,10-17,20,29,31,37H,9,18-19H2,1-3H3,(H,30,36)(H,32,35)/b17-8+/t20-,29?/m1/s1. The fourth-order valence-corrected chi connectivity index (χ4v) is 3.88. The summed E-state index contributed by atoms with van der Waals surface area (Å²) >= 11 is 0. The summed E-state index contributed by atoms with van der Waals surface area (Å²) in [7, 11) is 3.31. The van der Waals surface area contributed by atoms with Gasteiger partial charge in [-0.15, -0.1) is 0 Å². The Morgan fingerprint density at radius 3 is 2.46 bits per heavy atom. The lowest BCUT2D eigenvalue weighted by Crippen LogP contribution is -2.44. The third-order valence-corrected chi connectivity index (χ3v) is 5.95. The molecule has 0 saturated carbocycles. The Morgan fingerprint density at radius 2 is 1.68 bits per heavy atom. The predicted octanol–water partition coefficient (Wildman–Crippen LogP) is 2.89. The number of hydrogen-bond donors (Lipinski definition) is 4. The molecule has 3 aromatic carbocycles. The lowest BCUT2D eigenvalue weighted by molar-refractivity contribution is -0.131. The number of aliphatic hydroxyl groups excluding tert-OH is 1. The number of carbonyl (C=O) groups excluding carboxylic acids is 3. The Balaban J connectivity index is 1.55. The number of amides is 3. The highest BCUT2D eigenvalue weighted by atomic mass is 16.3. The number of likely N-dealkylation sites (N-methyl/N-ethyl adjacent to an activating group) is 1. The zero-order valence-electron chi connectivity index (χ0n) is 21.4. The van der Waals surface area contributed by atoms with Crippen molar-refractivity contribution in [2.45, 2.75) is 32.2 Å². The molecule has 194 valence electrons. The molecule has 0 saturated heterocycles. The Hall–Kier alpha value is -4.01. The molecule has 3 amide bonds. The zero-order chi connectivity index (χ0) is 26.8. The number of nitrogens with one attached hydrogen (secondary N) is 3. The average molecular weight is 503 g/mol. The second-order valence-corrected chi connectivity index (χ2v) is 8.92. The summed E-state index contributed by atoms with van der Waals surface area (Å²) in [5.74, 6) is -0.961. The molecule has 37 heavy (non-hydrogen) atoms. The molecule has 0 aliphatic carbocycles. The number of carbonyl (C=O) groups is 3. The largest absolute Gasteiger partial charge is 0.370 e. The molecule has 0 aromatic heterocycles. The molecule has 0 aliphatic rings. The summed E-state index contributed by atoms with van der Waals surface area (Å²) < 4.78 is 0. The zero-order valence-corrected chi connectivity index (χ0v) is 21.4. The minimum atomic E-state index is -1.45. The molecule has 0 spiro atoms. The van der Waals surface area contributed by atoms with Gasteiger partial charge < -0.3 is 20.6 Å². The minimum Gasteiger partial charge on any atom is -0.370 e. The number of nitrogens with zero attached hydrogens (tertiary/aromatic N) is 1. The summed E-state index contributed by atoms with van der Waals surface area (Å²) in [6, 6.07) is 20.9. The van der Waals surface area contributed by atoms with Gasteiger partial charge in [0.15, 0.2) is 6.23 Å². The van der Waals surface area contributed by atoms with Crippen molar-refractivity contribution >= 4 is 28.5 Å². The Labute approximate surface area is 217 Å². The van der Waals surface area contributed by atoms with Crippen molar-refractivity contribution in [2.75, 3.05) is 20.6 Å². The van der Waals surface area contributed by atoms with Gasteiger partial charge in [0.1, 0.15) is 0 Å². The fourth-order valence-electron chi connectivity index (χ4n) is 3.88. The maximum Gasteiger partial charge on any atom is 0.264 e. The fraction of sp³-hybridized carbons (Fsp3) is 0.276. The van der Waals surface area contributed by atoms with E-state index in [1.54, 1.807) is 44.4 Å². The van der Waals surface area contributed by atoms with E-state index in [-0.39, 0.29) is 30.9 Å². The van der Waals surface area contributed by atoms with Crippen LogP contribution in [0.5, 0.6) is 0 Å². The van der Waals surface area contributed by atoms with Gasteiger partial charge in [-0.2, -0.15) is 0 Å². The Morgan fingerprint density at radius 1 is 0.973 bits per heavy atom. The lowest BCUT2D eigenvalue weighted by atomic mass is 9.99. The van der Waals surface area contributed by atoms with Crippen LogP contribution in [0.1, 0.15) is 40.9 Å². The maximum atomic E-state index is 13.1. The molecule has 0 aliphatic heterocycles. The molecule has 0 heterocycles. The van der Waals surface area contributed by atoms with Crippen LogP contribution in [0.4, 0.5) is 0 Å². The van der Waals surface area contributed by atoms with Gasteiger partial charge in [0, 0.05) is 32.7 Å². The van der Waals surface area contributed by atoms with E-state index < -0.39 is 12.1 Å².